The number of carbonyl (C=O) groups excluding carboxylic acids is 2. The number of aliphatic carboxylic acids is 1. The second-order valence-corrected chi connectivity index (χ2v) is 7.93. The summed E-state index contributed by atoms with van der Waals surface area (Å²) in [6.07, 6.45) is 0.170. The number of ketones is 1. The number of carbonyl (C=O) groups is 2. The quantitative estimate of drug-likeness (QED) is 0.248. The van der Waals surface area contributed by atoms with Gasteiger partial charge in [0.2, 0.25) is 0 Å². The fourth-order valence-corrected chi connectivity index (χ4v) is 4.01. The van der Waals surface area contributed by atoms with Crippen LogP contribution in [-0.2, 0) is 11.2 Å². The van der Waals surface area contributed by atoms with E-state index in [1.807, 2.05) is 50.2 Å². The molecule has 4 aromatic rings. The van der Waals surface area contributed by atoms with E-state index in [1.54, 1.807) is 30.3 Å². The molecule has 0 aliphatic rings. The van der Waals surface area contributed by atoms with Crippen LogP contribution in [0, 0.1) is 13.8 Å². The summed E-state index contributed by atoms with van der Waals surface area (Å²) in [5.41, 5.74) is 5.01. The summed E-state index contributed by atoms with van der Waals surface area (Å²) in [5, 5.41) is 12.3. The van der Waals surface area contributed by atoms with E-state index in [4.69, 9.17) is 0 Å². The normalized spacial score (nSPS) is 11.6. The molecule has 0 spiro atoms. The Bertz CT molecular complexity index is 1330. The maximum Gasteiger partial charge on any atom is 1.00 e. The summed E-state index contributed by atoms with van der Waals surface area (Å²) >= 11 is 1.05. The molecule has 0 saturated heterocycles. The Morgan fingerprint density at radius 3 is 2.22 bits per heavy atom. The van der Waals surface area contributed by atoms with E-state index in [9.17, 15) is 14.7 Å². The predicted molar refractivity (Wildman–Crippen MR) is 120 cm³/mol. The van der Waals surface area contributed by atoms with Crippen LogP contribution in [0.2, 0.25) is 0 Å². The molecule has 0 saturated carbocycles. The first-order valence-electron chi connectivity index (χ1n) is 9.77. The van der Waals surface area contributed by atoms with E-state index in [1.165, 1.54) is 0 Å². The predicted octanol–water partition coefficient (Wildman–Crippen LogP) is 0.941. The number of aromatic nitrogens is 2. The van der Waals surface area contributed by atoms with E-state index < -0.39 is 5.97 Å². The van der Waals surface area contributed by atoms with Gasteiger partial charge in [0.1, 0.15) is 11.0 Å². The fourth-order valence-electron chi connectivity index (χ4n) is 3.49. The van der Waals surface area contributed by atoms with Gasteiger partial charge >= 0.3 is 29.6 Å². The van der Waals surface area contributed by atoms with E-state index in [0.29, 0.717) is 22.2 Å². The number of hydrogen-bond donors (Lipinski definition) is 0. The molecule has 1 heterocycles. The van der Waals surface area contributed by atoms with Gasteiger partial charge in [-0.2, -0.15) is 8.75 Å². The van der Waals surface area contributed by atoms with Crippen molar-refractivity contribution in [1.29, 1.82) is 0 Å². The molecule has 0 radical (unpaired) electrons. The van der Waals surface area contributed by atoms with E-state index >= 15 is 0 Å². The van der Waals surface area contributed by atoms with Crippen LogP contribution in [-0.4, -0.2) is 20.5 Å². The van der Waals surface area contributed by atoms with E-state index in [-0.39, 0.29) is 52.9 Å². The first kappa shape index (κ1) is 24.0. The number of fused-ring (bicyclic) bond motifs is 1. The number of aryl methyl sites for hydroxylation is 2. The van der Waals surface area contributed by atoms with Crippen LogP contribution in [0.3, 0.4) is 0 Å². The Kier molecular flexibility index (Phi) is 7.74. The second-order valence-electron chi connectivity index (χ2n) is 7.40. The molecule has 1 aromatic heterocycles. The molecule has 3 aromatic carbocycles. The van der Waals surface area contributed by atoms with Crippen LogP contribution >= 0.6 is 11.7 Å². The van der Waals surface area contributed by atoms with Crippen molar-refractivity contribution in [3.63, 3.8) is 0 Å². The second kappa shape index (κ2) is 10.3. The topological polar surface area (TPSA) is 83.0 Å². The molecule has 4 rings (SSSR count). The van der Waals surface area contributed by atoms with Crippen LogP contribution < -0.4 is 34.7 Å². The van der Waals surface area contributed by atoms with Gasteiger partial charge in [-0.15, -0.1) is 0 Å². The fraction of sp³-hybridized carbons (Fsp3) is 0.120. The number of benzene rings is 3. The number of carboxylic acids is 1. The molecule has 0 aliphatic carbocycles. The number of carboxylic acid groups (broad SMARTS) is 1. The molecule has 0 atom stereocenters. The number of rotatable bonds is 6. The summed E-state index contributed by atoms with van der Waals surface area (Å²) in [5.74, 6) is -1.73. The molecule has 0 amide bonds. The average Bonchev–Trinajstić information content (AvgIpc) is 3.23. The van der Waals surface area contributed by atoms with Gasteiger partial charge in [0.25, 0.3) is 0 Å². The summed E-state index contributed by atoms with van der Waals surface area (Å²) in [6, 6.07) is 19.7. The molecular weight excluding hydrogens is 431 g/mol. The summed E-state index contributed by atoms with van der Waals surface area (Å²) in [7, 11) is 0. The van der Waals surface area contributed by atoms with Crippen LogP contribution in [0.15, 0.2) is 72.3 Å². The van der Waals surface area contributed by atoms with Crippen LogP contribution in [0.4, 0.5) is 0 Å². The van der Waals surface area contributed by atoms with Crippen molar-refractivity contribution < 1.29 is 44.3 Å². The van der Waals surface area contributed by atoms with Crippen molar-refractivity contribution >= 4 is 40.1 Å². The van der Waals surface area contributed by atoms with Gasteiger partial charge in [0, 0.05) is 23.1 Å². The zero-order valence-corrected chi connectivity index (χ0v) is 20.9. The van der Waals surface area contributed by atoms with Gasteiger partial charge in [-0.05, 0) is 54.3 Å². The van der Waals surface area contributed by atoms with Gasteiger partial charge in [0.15, 0.2) is 5.78 Å². The van der Waals surface area contributed by atoms with E-state index in [2.05, 4.69) is 8.75 Å². The monoisotopic (exact) mass is 450 g/mol. The minimum atomic E-state index is -1.40. The zero-order chi connectivity index (χ0) is 22.0. The van der Waals surface area contributed by atoms with Crippen molar-refractivity contribution in [2.45, 2.75) is 20.3 Å². The minimum Gasteiger partial charge on any atom is -0.545 e. The van der Waals surface area contributed by atoms with Crippen molar-refractivity contribution in [1.82, 2.24) is 8.75 Å². The third-order valence-electron chi connectivity index (χ3n) is 5.32. The molecule has 0 fully saturated rings. The van der Waals surface area contributed by atoms with Crippen molar-refractivity contribution in [2.24, 2.45) is 0 Å². The van der Waals surface area contributed by atoms with Crippen molar-refractivity contribution in [3.05, 3.63) is 100 Å². The van der Waals surface area contributed by atoms with Gasteiger partial charge in [-0.1, -0.05) is 48.5 Å². The zero-order valence-electron chi connectivity index (χ0n) is 18.1. The third-order valence-corrected chi connectivity index (χ3v) is 5.87. The molecule has 0 N–H and O–H groups in total. The number of Topliss-reactive ketones (excluding diaryl/α,β-unsaturated/α-hetero) is 1. The maximum absolute atomic E-state index is 13.6. The maximum atomic E-state index is 13.6. The average molecular weight is 450 g/mol. The molecule has 154 valence electrons. The summed E-state index contributed by atoms with van der Waals surface area (Å²) < 4.78 is 8.36. The number of nitrogens with zero attached hydrogens (tertiary/aromatic N) is 2. The number of allylic oxidation sites excluding steroid dienone is 1. The first-order chi connectivity index (χ1) is 14.9. The van der Waals surface area contributed by atoms with Crippen LogP contribution in [0.1, 0.15) is 32.6 Å². The van der Waals surface area contributed by atoms with Gasteiger partial charge in [-0.25, -0.2) is 0 Å². The van der Waals surface area contributed by atoms with Crippen LogP contribution in [0.5, 0.6) is 0 Å². The molecule has 0 unspecified atom stereocenters. The van der Waals surface area contributed by atoms with Gasteiger partial charge < -0.3 is 9.90 Å². The first-order valence-corrected chi connectivity index (χ1v) is 10.5. The molecule has 5 nitrogen and oxygen atoms in total. The summed E-state index contributed by atoms with van der Waals surface area (Å²) in [6.45, 7) is 3.89. The summed E-state index contributed by atoms with van der Waals surface area (Å²) in [4.78, 5) is 25.9. The van der Waals surface area contributed by atoms with Crippen molar-refractivity contribution in [2.75, 3.05) is 0 Å². The van der Waals surface area contributed by atoms with Gasteiger partial charge in [0.05, 0.1) is 17.7 Å². The minimum absolute atomic E-state index is 0. The molecule has 7 heteroatoms. The van der Waals surface area contributed by atoms with Crippen molar-refractivity contribution in [3.8, 4) is 0 Å². The van der Waals surface area contributed by atoms with E-state index in [0.717, 1.165) is 28.4 Å². The molecule has 32 heavy (non-hydrogen) atoms. The third kappa shape index (κ3) is 5.05. The standard InChI is InChI=1S/C25H20N2O3S.Na/c1-15-8-9-19(12-16(15)2)24(28)20(13-17-6-4-3-5-7-17)23(25(29)30)18-10-11-21-22(14-18)27-31-26-21;/h3-12,14H,13H2,1-2H3,(H,29,30);/q;+1/p-1/b23-20+;. The van der Waals surface area contributed by atoms with Gasteiger partial charge in [-0.3, -0.25) is 4.79 Å². The molecule has 0 aliphatic heterocycles. The Labute approximate surface area is 212 Å². The Hall–Kier alpha value is -2.64. The number of hydrogen-bond acceptors (Lipinski definition) is 6. The largest absolute Gasteiger partial charge is 1.00 e. The Morgan fingerprint density at radius 1 is 0.844 bits per heavy atom. The SMILES string of the molecule is Cc1ccc(C(=O)/C(Cc2ccccc2)=C(/C(=O)[O-])c2ccc3nsnc3c2)cc1C.[Na+]. The Morgan fingerprint density at radius 2 is 1.53 bits per heavy atom. The Balaban J connectivity index is 0.00000289. The van der Waals surface area contributed by atoms with Crippen LogP contribution in [0.25, 0.3) is 16.6 Å². The molecular formula is C25H19N2NaO3S. The molecule has 0 bridgehead atoms. The smallest absolute Gasteiger partial charge is 0.545 e.